The monoisotopic (exact) mass is 374 g/mol. The minimum atomic E-state index is -0.465. The molecule has 3 rings (SSSR count). The fraction of sp³-hybridized carbons (Fsp3) is 0.294. The molecule has 0 fully saturated rings. The molecule has 1 N–H and O–H groups in total. The normalized spacial score (nSPS) is 10.9. The Kier molecular flexibility index (Phi) is 4.90. The van der Waals surface area contributed by atoms with Gasteiger partial charge < -0.3 is 10.1 Å². The number of nitrogens with zero attached hydrogens (tertiary/aromatic N) is 3. The number of thiazole rings is 1. The van der Waals surface area contributed by atoms with Crippen molar-refractivity contribution in [3.8, 4) is 0 Å². The van der Waals surface area contributed by atoms with Crippen LogP contribution in [0, 0.1) is 6.92 Å². The van der Waals surface area contributed by atoms with Crippen LogP contribution in [0.2, 0.25) is 0 Å². The molecule has 9 heteroatoms. The molecule has 0 bridgehead atoms. The number of carbonyl (C=O) groups is 2. The minimum absolute atomic E-state index is 0.145. The van der Waals surface area contributed by atoms with E-state index in [1.165, 1.54) is 9.13 Å². The molecule has 0 saturated heterocycles. The summed E-state index contributed by atoms with van der Waals surface area (Å²) in [6, 6.07) is 7.25. The summed E-state index contributed by atoms with van der Waals surface area (Å²) >= 11 is 1.05. The average molecular weight is 374 g/mol. The molecule has 0 aliphatic carbocycles. The maximum atomic E-state index is 12.4. The van der Waals surface area contributed by atoms with Gasteiger partial charge >= 0.3 is 11.7 Å². The molecule has 26 heavy (non-hydrogen) atoms. The molecule has 136 valence electrons. The number of para-hydroxylation sites is 2. The lowest BCUT2D eigenvalue weighted by molar-refractivity contribution is -0.116. The smallest absolute Gasteiger partial charge is 0.350 e. The predicted octanol–water partition coefficient (Wildman–Crippen LogP) is 1.92. The van der Waals surface area contributed by atoms with Gasteiger partial charge in [-0.25, -0.2) is 14.6 Å². The van der Waals surface area contributed by atoms with E-state index in [0.717, 1.165) is 16.9 Å². The summed E-state index contributed by atoms with van der Waals surface area (Å²) in [6.07, 6.45) is 0. The number of ether oxygens (including phenoxy) is 1. The second-order valence-electron chi connectivity index (χ2n) is 5.62. The van der Waals surface area contributed by atoms with Gasteiger partial charge in [-0.2, -0.15) is 0 Å². The quantitative estimate of drug-likeness (QED) is 0.689. The first-order chi connectivity index (χ1) is 12.4. The zero-order valence-electron chi connectivity index (χ0n) is 14.6. The fourth-order valence-electron chi connectivity index (χ4n) is 2.65. The van der Waals surface area contributed by atoms with Crippen molar-refractivity contribution >= 4 is 39.4 Å². The second-order valence-corrected chi connectivity index (χ2v) is 6.62. The van der Waals surface area contributed by atoms with Crippen molar-refractivity contribution in [3.05, 3.63) is 45.3 Å². The third kappa shape index (κ3) is 3.25. The van der Waals surface area contributed by atoms with Crippen LogP contribution in [0.3, 0.4) is 0 Å². The Morgan fingerprint density at radius 3 is 2.65 bits per heavy atom. The van der Waals surface area contributed by atoms with Crippen molar-refractivity contribution in [2.75, 3.05) is 11.9 Å². The van der Waals surface area contributed by atoms with Crippen molar-refractivity contribution in [1.82, 2.24) is 14.1 Å². The number of nitrogens with one attached hydrogen (secondary N) is 1. The molecule has 1 amide bonds. The Labute approximate surface area is 153 Å². The summed E-state index contributed by atoms with van der Waals surface area (Å²) in [7, 11) is 1.66. The van der Waals surface area contributed by atoms with E-state index in [1.54, 1.807) is 27.0 Å². The highest BCUT2D eigenvalue weighted by Gasteiger charge is 2.18. The first-order valence-electron chi connectivity index (χ1n) is 8.01. The van der Waals surface area contributed by atoms with Crippen LogP contribution in [0.4, 0.5) is 5.13 Å². The molecular weight excluding hydrogens is 356 g/mol. The predicted molar refractivity (Wildman–Crippen MR) is 98.6 cm³/mol. The SMILES string of the molecule is CCOC(=O)c1sc(NC(=O)Cn2c(=O)n(C)c3ccccc32)nc1C. The second kappa shape index (κ2) is 7.12. The Morgan fingerprint density at radius 1 is 1.27 bits per heavy atom. The molecule has 0 atom stereocenters. The summed E-state index contributed by atoms with van der Waals surface area (Å²) < 4.78 is 7.86. The first-order valence-corrected chi connectivity index (χ1v) is 8.82. The number of anilines is 1. The zero-order chi connectivity index (χ0) is 18.8. The number of aromatic nitrogens is 3. The lowest BCUT2D eigenvalue weighted by Gasteiger charge is -2.03. The largest absolute Gasteiger partial charge is 0.462 e. The van der Waals surface area contributed by atoms with Crippen molar-refractivity contribution in [2.24, 2.45) is 7.05 Å². The van der Waals surface area contributed by atoms with Crippen molar-refractivity contribution in [1.29, 1.82) is 0 Å². The van der Waals surface area contributed by atoms with Crippen molar-refractivity contribution in [3.63, 3.8) is 0 Å². The molecule has 0 unspecified atom stereocenters. The highest BCUT2D eigenvalue weighted by Crippen LogP contribution is 2.23. The summed E-state index contributed by atoms with van der Waals surface area (Å²) in [5.41, 5.74) is 1.65. The van der Waals surface area contributed by atoms with Crippen LogP contribution in [0.15, 0.2) is 29.1 Å². The molecule has 8 nitrogen and oxygen atoms in total. The average Bonchev–Trinajstić information content (AvgIpc) is 3.08. The van der Waals surface area contributed by atoms with E-state index in [2.05, 4.69) is 10.3 Å². The number of hydrogen-bond donors (Lipinski definition) is 1. The molecule has 0 aliphatic rings. The van der Waals surface area contributed by atoms with Crippen LogP contribution >= 0.6 is 11.3 Å². The lowest BCUT2D eigenvalue weighted by Crippen LogP contribution is -2.28. The van der Waals surface area contributed by atoms with Crippen LogP contribution in [-0.4, -0.2) is 32.6 Å². The highest BCUT2D eigenvalue weighted by atomic mass is 32.1. The Balaban J connectivity index is 1.81. The van der Waals surface area contributed by atoms with E-state index in [0.29, 0.717) is 21.2 Å². The van der Waals surface area contributed by atoms with Gasteiger partial charge in [-0.05, 0) is 26.0 Å². The van der Waals surface area contributed by atoms with Gasteiger partial charge in [0.2, 0.25) is 5.91 Å². The van der Waals surface area contributed by atoms with E-state index in [4.69, 9.17) is 4.74 Å². The van der Waals surface area contributed by atoms with Crippen molar-refractivity contribution < 1.29 is 14.3 Å². The number of rotatable bonds is 5. The Hall–Kier alpha value is -2.94. The lowest BCUT2D eigenvalue weighted by atomic mass is 10.3. The van der Waals surface area contributed by atoms with Gasteiger partial charge in [0.1, 0.15) is 11.4 Å². The molecule has 0 radical (unpaired) electrons. The summed E-state index contributed by atoms with van der Waals surface area (Å²) in [5.74, 6) is -0.860. The van der Waals surface area contributed by atoms with Crippen LogP contribution in [0.5, 0.6) is 0 Å². The van der Waals surface area contributed by atoms with Crippen molar-refractivity contribution in [2.45, 2.75) is 20.4 Å². The van der Waals surface area contributed by atoms with Crippen LogP contribution in [0.25, 0.3) is 11.0 Å². The summed E-state index contributed by atoms with van der Waals surface area (Å²) in [5, 5.41) is 2.94. The number of fused-ring (bicyclic) bond motifs is 1. The molecule has 0 spiro atoms. The van der Waals surface area contributed by atoms with Gasteiger partial charge in [0.05, 0.1) is 23.3 Å². The Morgan fingerprint density at radius 2 is 1.96 bits per heavy atom. The van der Waals surface area contributed by atoms with Crippen LogP contribution in [0.1, 0.15) is 22.3 Å². The maximum absolute atomic E-state index is 12.4. The Bertz CT molecular complexity index is 1050. The topological polar surface area (TPSA) is 95.2 Å². The number of aryl methyl sites for hydroxylation is 2. The molecule has 1 aromatic carbocycles. The van der Waals surface area contributed by atoms with Gasteiger partial charge in [-0.1, -0.05) is 23.5 Å². The van der Waals surface area contributed by atoms with Crippen LogP contribution < -0.4 is 11.0 Å². The number of hydrogen-bond acceptors (Lipinski definition) is 6. The number of esters is 1. The van der Waals surface area contributed by atoms with E-state index in [1.807, 2.05) is 18.2 Å². The number of carbonyl (C=O) groups excluding carboxylic acids is 2. The fourth-order valence-corrected chi connectivity index (χ4v) is 3.53. The molecule has 3 aromatic rings. The van der Waals surface area contributed by atoms with Gasteiger partial charge in [-0.15, -0.1) is 0 Å². The number of amides is 1. The maximum Gasteiger partial charge on any atom is 0.350 e. The van der Waals surface area contributed by atoms with Gasteiger partial charge in [-0.3, -0.25) is 13.9 Å². The van der Waals surface area contributed by atoms with E-state index in [9.17, 15) is 14.4 Å². The first kappa shape index (κ1) is 17.9. The summed E-state index contributed by atoms with van der Waals surface area (Å²) in [4.78, 5) is 41.1. The minimum Gasteiger partial charge on any atom is -0.462 e. The molecule has 0 saturated carbocycles. The molecule has 0 aliphatic heterocycles. The third-order valence-corrected chi connectivity index (χ3v) is 4.91. The number of imidazole rings is 1. The van der Waals surface area contributed by atoms with Gasteiger partial charge in [0, 0.05) is 7.05 Å². The van der Waals surface area contributed by atoms with E-state index in [-0.39, 0.29) is 18.8 Å². The summed E-state index contributed by atoms with van der Waals surface area (Å²) in [6.45, 7) is 3.52. The van der Waals surface area contributed by atoms with Gasteiger partial charge in [0.15, 0.2) is 5.13 Å². The van der Waals surface area contributed by atoms with Crippen LogP contribution in [-0.2, 0) is 23.1 Å². The highest BCUT2D eigenvalue weighted by molar-refractivity contribution is 7.17. The number of benzene rings is 1. The van der Waals surface area contributed by atoms with E-state index >= 15 is 0 Å². The molecular formula is C17H18N4O4S. The standard InChI is InChI=1S/C17H18N4O4S/c1-4-25-15(23)14-10(2)18-16(26-14)19-13(22)9-21-12-8-6-5-7-11(12)20(3)17(21)24/h5-8H,4,9H2,1-3H3,(H,18,19,22). The third-order valence-electron chi connectivity index (χ3n) is 3.86. The van der Waals surface area contributed by atoms with Gasteiger partial charge in [0.25, 0.3) is 0 Å². The molecule has 2 aromatic heterocycles. The van der Waals surface area contributed by atoms with E-state index < -0.39 is 11.9 Å². The zero-order valence-corrected chi connectivity index (χ0v) is 15.4. The molecule has 2 heterocycles.